The third kappa shape index (κ3) is 12.2. The van der Waals surface area contributed by atoms with Crippen LogP contribution < -0.4 is 9.80 Å². The molecule has 2 aromatic rings. The van der Waals surface area contributed by atoms with Crippen molar-refractivity contribution in [2.45, 2.75) is 155 Å². The molecule has 2 aromatic carbocycles. The van der Waals surface area contributed by atoms with E-state index in [1.54, 1.807) is 0 Å². The third-order valence-electron chi connectivity index (χ3n) is 11.6. The van der Waals surface area contributed by atoms with Crippen LogP contribution in [0.2, 0.25) is 0 Å². The Hall–Kier alpha value is -0.672. The first kappa shape index (κ1) is 43.1. The number of nitrogens with zero attached hydrogens (tertiary/aromatic N) is 2. The molecule has 0 atom stereocenters. The SMILES string of the molecule is Cc1cc(C)c(N2[CH-]N(c3c(C)cc(C)cc3C)CC2)c(C)c1.F[B-](F)(F)F.[Cl][Ru]([Cl])=[CH][P+](C1CCCCC1)(C1CCCCC1)C1CCCCC1. The van der Waals surface area contributed by atoms with Gasteiger partial charge in [-0.25, -0.2) is 0 Å². The fourth-order valence-corrected chi connectivity index (χ4v) is 25.5. The van der Waals surface area contributed by atoms with Gasteiger partial charge in [-0.3, -0.25) is 0 Å². The Morgan fingerprint density at radius 1 is 0.588 bits per heavy atom. The van der Waals surface area contributed by atoms with Gasteiger partial charge in [-0.2, -0.15) is 6.67 Å². The molecule has 0 spiro atoms. The van der Waals surface area contributed by atoms with Gasteiger partial charge in [0.1, 0.15) is 0 Å². The van der Waals surface area contributed by atoms with Crippen LogP contribution in [0.15, 0.2) is 24.3 Å². The summed E-state index contributed by atoms with van der Waals surface area (Å²) in [4.78, 5) is 4.81. The van der Waals surface area contributed by atoms with Gasteiger partial charge in [-0.1, -0.05) is 35.4 Å². The Morgan fingerprint density at radius 3 is 1.12 bits per heavy atom. The number of anilines is 2. The minimum absolute atomic E-state index is 0.996. The molecule has 3 aliphatic carbocycles. The van der Waals surface area contributed by atoms with Crippen LogP contribution in [0.3, 0.4) is 0 Å². The number of hydrogen-bond donors (Lipinski definition) is 0. The van der Waals surface area contributed by atoms with E-state index in [2.05, 4.69) is 86.6 Å². The van der Waals surface area contributed by atoms with Gasteiger partial charge in [0.25, 0.3) is 0 Å². The van der Waals surface area contributed by atoms with E-state index in [0.29, 0.717) is 0 Å². The summed E-state index contributed by atoms with van der Waals surface area (Å²) in [7, 11) is 6.10. The van der Waals surface area contributed by atoms with Gasteiger partial charge in [0, 0.05) is 24.5 Å². The van der Waals surface area contributed by atoms with E-state index in [1.165, 1.54) is 141 Å². The molecule has 0 radical (unpaired) electrons. The second-order valence-corrected chi connectivity index (χ2v) is 26.3. The number of hydrogen-bond acceptors (Lipinski definition) is 2. The van der Waals surface area contributed by atoms with Crippen LogP contribution in [0.25, 0.3) is 0 Å². The molecular formula is C40H61BCl2F4N2PRu-. The molecule has 1 saturated heterocycles. The van der Waals surface area contributed by atoms with Gasteiger partial charge in [-0.05, 0) is 63.8 Å². The van der Waals surface area contributed by atoms with E-state index in [0.717, 1.165) is 30.1 Å². The second kappa shape index (κ2) is 19.8. The molecule has 1 aliphatic heterocycles. The van der Waals surface area contributed by atoms with Gasteiger partial charge >= 0.3 is 165 Å². The van der Waals surface area contributed by atoms with Crippen LogP contribution in [0, 0.1) is 48.2 Å². The van der Waals surface area contributed by atoms with Crippen LogP contribution in [-0.4, -0.2) is 41.7 Å². The van der Waals surface area contributed by atoms with Crippen LogP contribution >= 0.6 is 26.6 Å². The second-order valence-electron chi connectivity index (χ2n) is 15.6. The molecule has 2 nitrogen and oxygen atoms in total. The van der Waals surface area contributed by atoms with Crippen molar-refractivity contribution in [3.8, 4) is 0 Å². The van der Waals surface area contributed by atoms with Crippen molar-refractivity contribution in [1.29, 1.82) is 0 Å². The van der Waals surface area contributed by atoms with E-state index in [1.807, 2.05) is 0 Å². The molecular weight excluding hydrogens is 798 g/mol. The van der Waals surface area contributed by atoms with E-state index < -0.39 is 28.0 Å². The zero-order valence-corrected chi connectivity index (χ0v) is 35.9. The monoisotopic (exact) mass is 859 g/mol. The van der Waals surface area contributed by atoms with Crippen LogP contribution in [-0.2, 0) is 13.5 Å². The molecule has 290 valence electrons. The van der Waals surface area contributed by atoms with Crippen LogP contribution in [0.5, 0.6) is 0 Å². The van der Waals surface area contributed by atoms with E-state index in [4.69, 9.17) is 19.4 Å². The van der Waals surface area contributed by atoms with Crippen molar-refractivity contribution in [1.82, 2.24) is 0 Å². The van der Waals surface area contributed by atoms with Crippen molar-refractivity contribution in [3.63, 3.8) is 0 Å². The van der Waals surface area contributed by atoms with E-state index >= 15 is 0 Å². The molecule has 0 amide bonds. The van der Waals surface area contributed by atoms with Crippen LogP contribution in [0.4, 0.5) is 28.6 Å². The normalized spacial score (nSPS) is 20.0. The maximum absolute atomic E-state index is 9.75. The van der Waals surface area contributed by atoms with E-state index in [-0.39, 0.29) is 0 Å². The summed E-state index contributed by atoms with van der Waals surface area (Å²) < 4.78 is 41.7. The Bertz CT molecular complexity index is 1290. The molecule has 4 aliphatic rings. The fourth-order valence-electron chi connectivity index (χ4n) is 9.91. The van der Waals surface area contributed by atoms with Gasteiger partial charge < -0.3 is 27.1 Å². The number of rotatable bonds is 6. The zero-order chi connectivity index (χ0) is 37.3. The van der Waals surface area contributed by atoms with Crippen molar-refractivity contribution < 1.29 is 30.8 Å². The molecule has 11 heteroatoms. The zero-order valence-electron chi connectivity index (χ0n) is 31.8. The van der Waals surface area contributed by atoms with Crippen LogP contribution in [0.1, 0.15) is 130 Å². The number of halogens is 6. The first-order chi connectivity index (χ1) is 24.1. The summed E-state index contributed by atoms with van der Waals surface area (Å²) in [5, 5.41) is 0. The Morgan fingerprint density at radius 2 is 0.863 bits per heavy atom. The van der Waals surface area contributed by atoms with Crippen molar-refractivity contribution in [3.05, 3.63) is 64.3 Å². The average molecular weight is 860 g/mol. The summed E-state index contributed by atoms with van der Waals surface area (Å²) >= 11 is -1.68. The fraction of sp³-hybridized carbons (Fsp3) is 0.650. The molecule has 0 aromatic heterocycles. The summed E-state index contributed by atoms with van der Waals surface area (Å²) in [5.74, 6) is 0. The molecule has 51 heavy (non-hydrogen) atoms. The predicted octanol–water partition coefficient (Wildman–Crippen LogP) is 14.0. The number of aryl methyl sites for hydroxylation is 6. The minimum atomic E-state index is -6.00. The summed E-state index contributed by atoms with van der Waals surface area (Å²) in [6.45, 7) is 17.6. The molecule has 4 fully saturated rings. The van der Waals surface area contributed by atoms with E-state index in [9.17, 15) is 17.3 Å². The Balaban J connectivity index is 0.000000202. The van der Waals surface area contributed by atoms with Crippen molar-refractivity contribution >= 4 is 49.6 Å². The third-order valence-corrected chi connectivity index (χ3v) is 23.2. The molecule has 0 bridgehead atoms. The first-order valence-electron chi connectivity index (χ1n) is 19.2. The maximum atomic E-state index is 9.75. The predicted molar refractivity (Wildman–Crippen MR) is 216 cm³/mol. The molecule has 0 unspecified atom stereocenters. The molecule has 0 N–H and O–H groups in total. The standard InChI is InChI=1S/C21H27N2.C19H34P.BF4.2ClH.Ru/c1-14-9-16(3)20(17(4)10-14)22-7-8-23(13-22)21-18(5)11-15(2)12-19(21)6;1-20(17-11-5-2-6-12-17,18-13-7-3-8-14-18)19-15-9-4-10-16-19;2-1(3,4)5;;;/h9-13H,7-8H2,1-6H3;1,17-19H,2-16H2;;2*1H;/q-1;+1;-1;;;+2/p-2. The number of benzene rings is 2. The molecule has 1 heterocycles. The van der Waals surface area contributed by atoms with Crippen molar-refractivity contribution in [2.24, 2.45) is 0 Å². The molecule has 6 rings (SSSR count). The summed E-state index contributed by atoms with van der Waals surface area (Å²) in [5.41, 5.74) is 13.8. The van der Waals surface area contributed by atoms with Gasteiger partial charge in [-0.15, -0.1) is 0 Å². The average Bonchev–Trinajstić information content (AvgIpc) is 3.52. The topological polar surface area (TPSA) is 6.48 Å². The van der Waals surface area contributed by atoms with Gasteiger partial charge in [0.05, 0.1) is 0 Å². The summed E-state index contributed by atoms with van der Waals surface area (Å²) in [6, 6.07) is 9.12. The van der Waals surface area contributed by atoms with Gasteiger partial charge in [0.2, 0.25) is 0 Å². The first-order valence-corrected chi connectivity index (χ1v) is 26.8. The Kier molecular flexibility index (Phi) is 16.7. The molecule has 3 saturated carbocycles. The van der Waals surface area contributed by atoms with Crippen molar-refractivity contribution in [2.75, 3.05) is 22.9 Å². The summed E-state index contributed by atoms with van der Waals surface area (Å²) in [6.07, 6.45) is 22.2. The van der Waals surface area contributed by atoms with Gasteiger partial charge in [0.15, 0.2) is 0 Å². The quantitative estimate of drug-likeness (QED) is 0.124. The Labute approximate surface area is 320 Å².